The van der Waals surface area contributed by atoms with Crippen LogP contribution in [0.5, 0.6) is 5.75 Å². The minimum Gasteiger partial charge on any atom is -0.507 e. The first-order valence-corrected chi connectivity index (χ1v) is 13.2. The van der Waals surface area contributed by atoms with E-state index in [1.54, 1.807) is 42.6 Å². The van der Waals surface area contributed by atoms with E-state index in [4.69, 9.17) is 9.72 Å². The van der Waals surface area contributed by atoms with Gasteiger partial charge in [0.15, 0.2) is 5.13 Å². The van der Waals surface area contributed by atoms with Crippen LogP contribution >= 0.6 is 27.3 Å². The van der Waals surface area contributed by atoms with Gasteiger partial charge in [0.2, 0.25) is 0 Å². The lowest BCUT2D eigenvalue weighted by atomic mass is 9.87. The third kappa shape index (κ3) is 4.42. The minimum absolute atomic E-state index is 0.0459. The van der Waals surface area contributed by atoms with Crippen LogP contribution in [-0.4, -0.2) is 33.9 Å². The molecule has 1 aliphatic rings. The number of amides is 1. The van der Waals surface area contributed by atoms with Gasteiger partial charge in [0.05, 0.1) is 33.1 Å². The standard InChI is InChI=1S/C28H24BrN3O4S/c1-28(2,3)16-9-10-18-21(14-16)37-27(31-18)32-23(19-7-5-6-12-30-19)22(25(34)26(32)35)24(33)15-8-11-20(36-4)17(29)13-15/h5-14,23,33H,1-4H3/b24-22+. The number of aliphatic hydroxyl groups excluding tert-OH is 1. The van der Waals surface area contributed by atoms with Crippen molar-refractivity contribution in [3.8, 4) is 5.75 Å². The summed E-state index contributed by atoms with van der Waals surface area (Å²) in [6, 6.07) is 15.3. The number of methoxy groups -OCH3 is 1. The summed E-state index contributed by atoms with van der Waals surface area (Å²) >= 11 is 4.75. The third-order valence-electron chi connectivity index (χ3n) is 6.29. The number of carbonyl (C=O) groups is 2. The molecule has 1 aliphatic heterocycles. The number of anilines is 1. The largest absolute Gasteiger partial charge is 0.507 e. The molecule has 1 atom stereocenters. The van der Waals surface area contributed by atoms with Crippen LogP contribution in [0.15, 0.2) is 70.8 Å². The number of aromatic nitrogens is 2. The molecular weight excluding hydrogens is 554 g/mol. The molecule has 0 saturated carbocycles. The summed E-state index contributed by atoms with van der Waals surface area (Å²) in [6.07, 6.45) is 1.59. The second-order valence-electron chi connectivity index (χ2n) is 9.70. The van der Waals surface area contributed by atoms with Crippen molar-refractivity contribution >= 4 is 60.1 Å². The summed E-state index contributed by atoms with van der Waals surface area (Å²) in [6.45, 7) is 6.40. The molecule has 4 aromatic rings. The van der Waals surface area contributed by atoms with E-state index in [-0.39, 0.29) is 16.7 Å². The zero-order chi connectivity index (χ0) is 26.5. The summed E-state index contributed by atoms with van der Waals surface area (Å²) in [5.41, 5.74) is 2.59. The fraction of sp³-hybridized carbons (Fsp3) is 0.214. The van der Waals surface area contributed by atoms with Crippen molar-refractivity contribution in [1.82, 2.24) is 9.97 Å². The molecule has 7 nitrogen and oxygen atoms in total. The Morgan fingerprint density at radius 2 is 1.89 bits per heavy atom. The van der Waals surface area contributed by atoms with Crippen LogP contribution in [-0.2, 0) is 15.0 Å². The molecule has 37 heavy (non-hydrogen) atoms. The van der Waals surface area contributed by atoms with Gasteiger partial charge < -0.3 is 9.84 Å². The highest BCUT2D eigenvalue weighted by molar-refractivity contribution is 9.10. The first-order chi connectivity index (χ1) is 17.6. The molecule has 2 aromatic heterocycles. The highest BCUT2D eigenvalue weighted by Gasteiger charge is 2.48. The van der Waals surface area contributed by atoms with Gasteiger partial charge in [-0.05, 0) is 69.4 Å². The Labute approximate surface area is 226 Å². The van der Waals surface area contributed by atoms with E-state index in [2.05, 4.69) is 47.8 Å². The maximum atomic E-state index is 13.4. The summed E-state index contributed by atoms with van der Waals surface area (Å²) in [7, 11) is 1.54. The first kappa shape index (κ1) is 25.1. The summed E-state index contributed by atoms with van der Waals surface area (Å²) in [5, 5.41) is 11.7. The molecular formula is C28H24BrN3O4S. The Morgan fingerprint density at radius 1 is 1.11 bits per heavy atom. The molecule has 3 heterocycles. The van der Waals surface area contributed by atoms with E-state index in [1.807, 2.05) is 12.1 Å². The Balaban J connectivity index is 1.69. The van der Waals surface area contributed by atoms with Gasteiger partial charge in [-0.3, -0.25) is 19.5 Å². The van der Waals surface area contributed by atoms with E-state index >= 15 is 0 Å². The maximum absolute atomic E-state index is 13.4. The second kappa shape index (κ2) is 9.39. The molecule has 188 valence electrons. The normalized spacial score (nSPS) is 17.5. The van der Waals surface area contributed by atoms with Gasteiger partial charge >= 0.3 is 5.91 Å². The highest BCUT2D eigenvalue weighted by atomic mass is 79.9. The van der Waals surface area contributed by atoms with E-state index < -0.39 is 17.7 Å². The van der Waals surface area contributed by atoms with Crippen molar-refractivity contribution in [2.24, 2.45) is 0 Å². The smallest absolute Gasteiger partial charge is 0.301 e. The molecule has 1 amide bonds. The number of nitrogens with zero attached hydrogens (tertiary/aromatic N) is 3. The molecule has 0 radical (unpaired) electrons. The molecule has 0 bridgehead atoms. The fourth-order valence-electron chi connectivity index (χ4n) is 4.30. The number of benzene rings is 2. The molecule has 1 N–H and O–H groups in total. The number of pyridine rings is 1. The maximum Gasteiger partial charge on any atom is 0.301 e. The van der Waals surface area contributed by atoms with Gasteiger partial charge in [-0.2, -0.15) is 0 Å². The van der Waals surface area contributed by atoms with Crippen LogP contribution in [0.4, 0.5) is 5.13 Å². The van der Waals surface area contributed by atoms with Gasteiger partial charge in [-0.1, -0.05) is 44.2 Å². The molecule has 2 aromatic carbocycles. The van der Waals surface area contributed by atoms with Crippen molar-refractivity contribution in [3.63, 3.8) is 0 Å². The number of halogens is 1. The average Bonchev–Trinajstić information content (AvgIpc) is 3.41. The quantitative estimate of drug-likeness (QED) is 0.172. The summed E-state index contributed by atoms with van der Waals surface area (Å²) in [5.74, 6) is -1.28. The first-order valence-electron chi connectivity index (χ1n) is 11.6. The number of hydrogen-bond acceptors (Lipinski definition) is 7. The van der Waals surface area contributed by atoms with Crippen LogP contribution in [0, 0.1) is 0 Å². The van der Waals surface area contributed by atoms with E-state index in [0.717, 1.165) is 15.8 Å². The number of thiazole rings is 1. The molecule has 1 saturated heterocycles. The van der Waals surface area contributed by atoms with Gasteiger partial charge in [0, 0.05) is 11.8 Å². The number of Topliss-reactive ketones (excluding diaryl/α,β-unsaturated/α-hetero) is 1. The molecule has 0 aliphatic carbocycles. The van der Waals surface area contributed by atoms with E-state index in [9.17, 15) is 14.7 Å². The van der Waals surface area contributed by atoms with Crippen molar-refractivity contribution in [2.45, 2.75) is 32.2 Å². The van der Waals surface area contributed by atoms with Crippen molar-refractivity contribution in [2.75, 3.05) is 12.0 Å². The number of ether oxygens (including phenoxy) is 1. The van der Waals surface area contributed by atoms with Gasteiger partial charge in [-0.25, -0.2) is 4.98 Å². The van der Waals surface area contributed by atoms with E-state index in [0.29, 0.717) is 26.6 Å². The fourth-order valence-corrected chi connectivity index (χ4v) is 5.87. The predicted molar refractivity (Wildman–Crippen MR) is 148 cm³/mol. The number of ketones is 1. The monoisotopic (exact) mass is 577 g/mol. The lowest BCUT2D eigenvalue weighted by Gasteiger charge is -2.22. The third-order valence-corrected chi connectivity index (χ3v) is 7.92. The SMILES string of the molecule is COc1ccc(/C(O)=C2\C(=O)C(=O)N(c3nc4ccc(C(C)(C)C)cc4s3)C2c2ccccn2)cc1Br. The minimum atomic E-state index is -0.940. The second-order valence-corrected chi connectivity index (χ2v) is 11.6. The van der Waals surface area contributed by atoms with Crippen molar-refractivity contribution in [3.05, 3.63) is 87.7 Å². The van der Waals surface area contributed by atoms with Crippen molar-refractivity contribution in [1.29, 1.82) is 0 Å². The van der Waals surface area contributed by atoms with Crippen LogP contribution in [0.2, 0.25) is 0 Å². The Hall–Kier alpha value is -3.56. The van der Waals surface area contributed by atoms with Crippen LogP contribution in [0.3, 0.4) is 0 Å². The molecule has 0 spiro atoms. The van der Waals surface area contributed by atoms with Crippen LogP contribution < -0.4 is 9.64 Å². The van der Waals surface area contributed by atoms with Crippen LogP contribution in [0.1, 0.15) is 43.6 Å². The van der Waals surface area contributed by atoms with Gasteiger partial charge in [0.25, 0.3) is 5.78 Å². The molecule has 1 fully saturated rings. The number of aliphatic hydroxyl groups is 1. The van der Waals surface area contributed by atoms with Crippen LogP contribution in [0.25, 0.3) is 16.0 Å². The number of hydrogen-bond donors (Lipinski definition) is 1. The Kier molecular flexibility index (Phi) is 6.37. The molecule has 9 heteroatoms. The lowest BCUT2D eigenvalue weighted by Crippen LogP contribution is -2.29. The zero-order valence-corrected chi connectivity index (χ0v) is 23.1. The van der Waals surface area contributed by atoms with Gasteiger partial charge in [0.1, 0.15) is 17.6 Å². The number of carbonyl (C=O) groups excluding carboxylic acids is 2. The molecule has 1 unspecified atom stereocenters. The zero-order valence-electron chi connectivity index (χ0n) is 20.7. The Bertz CT molecular complexity index is 1570. The number of fused-ring (bicyclic) bond motifs is 1. The lowest BCUT2D eigenvalue weighted by molar-refractivity contribution is -0.132. The predicted octanol–water partition coefficient (Wildman–Crippen LogP) is 6.39. The Morgan fingerprint density at radius 3 is 2.54 bits per heavy atom. The average molecular weight is 578 g/mol. The summed E-state index contributed by atoms with van der Waals surface area (Å²) < 4.78 is 6.78. The van der Waals surface area contributed by atoms with Crippen molar-refractivity contribution < 1.29 is 19.4 Å². The topological polar surface area (TPSA) is 92.6 Å². The van der Waals surface area contributed by atoms with E-state index in [1.165, 1.54) is 23.3 Å². The summed E-state index contributed by atoms with van der Waals surface area (Å²) in [4.78, 5) is 37.3. The molecule has 5 rings (SSSR count). The highest BCUT2D eigenvalue weighted by Crippen LogP contribution is 2.44. The van der Waals surface area contributed by atoms with Gasteiger partial charge in [-0.15, -0.1) is 0 Å². The number of rotatable bonds is 4.